The molecular formula is C30H34N4O5. The second-order valence-corrected chi connectivity index (χ2v) is 9.53. The standard InChI is InChI=1S/C30H34N4O5/c1-4-38-24-15-13-23(14-16-24)34(28(36)18-17-27(35)32-26-19-21(3)39-33-26)29(25-12-8-5-9-20(25)2)30(37)31-22-10-6-7-11-22/h5,8-9,12-19,22,29H,4,6-7,10-11H2,1-3H3,(H,31,37)(H,32,33,35)/b18-17+. The van der Waals surface area contributed by atoms with E-state index in [0.29, 0.717) is 29.4 Å². The van der Waals surface area contributed by atoms with Crippen LogP contribution in [0.4, 0.5) is 11.5 Å². The lowest BCUT2D eigenvalue weighted by molar-refractivity contribution is -0.125. The Morgan fingerprint density at radius 3 is 2.44 bits per heavy atom. The smallest absolute Gasteiger partial charge is 0.252 e. The number of hydrogen-bond acceptors (Lipinski definition) is 6. The third-order valence-corrected chi connectivity index (χ3v) is 6.61. The fraction of sp³-hybridized carbons (Fsp3) is 0.333. The highest BCUT2D eigenvalue weighted by molar-refractivity contribution is 6.10. The van der Waals surface area contributed by atoms with Crippen molar-refractivity contribution in [2.45, 2.75) is 58.5 Å². The summed E-state index contributed by atoms with van der Waals surface area (Å²) in [6.45, 7) is 6.01. The lowest BCUT2D eigenvalue weighted by Crippen LogP contribution is -2.46. The summed E-state index contributed by atoms with van der Waals surface area (Å²) in [5.74, 6) is 0.0865. The Balaban J connectivity index is 1.70. The maximum Gasteiger partial charge on any atom is 0.252 e. The van der Waals surface area contributed by atoms with Crippen LogP contribution < -0.4 is 20.3 Å². The van der Waals surface area contributed by atoms with Gasteiger partial charge in [0, 0.05) is 29.9 Å². The van der Waals surface area contributed by atoms with Crippen LogP contribution in [0.2, 0.25) is 0 Å². The van der Waals surface area contributed by atoms with Crippen molar-refractivity contribution in [2.24, 2.45) is 0 Å². The summed E-state index contributed by atoms with van der Waals surface area (Å²) in [4.78, 5) is 41.6. The van der Waals surface area contributed by atoms with E-state index in [-0.39, 0.29) is 17.8 Å². The molecule has 0 saturated heterocycles. The van der Waals surface area contributed by atoms with E-state index in [1.54, 1.807) is 37.3 Å². The van der Waals surface area contributed by atoms with Gasteiger partial charge in [0.2, 0.25) is 11.8 Å². The van der Waals surface area contributed by atoms with E-state index in [4.69, 9.17) is 9.26 Å². The largest absolute Gasteiger partial charge is 0.494 e. The Morgan fingerprint density at radius 1 is 1.08 bits per heavy atom. The predicted molar refractivity (Wildman–Crippen MR) is 148 cm³/mol. The number of amides is 3. The van der Waals surface area contributed by atoms with Gasteiger partial charge in [-0.2, -0.15) is 0 Å². The highest BCUT2D eigenvalue weighted by atomic mass is 16.5. The van der Waals surface area contributed by atoms with Crippen molar-refractivity contribution in [2.75, 3.05) is 16.8 Å². The molecule has 9 nitrogen and oxygen atoms in total. The minimum atomic E-state index is -0.955. The number of ether oxygens (including phenoxy) is 1. The predicted octanol–water partition coefficient (Wildman–Crippen LogP) is 5.02. The molecule has 1 aromatic heterocycles. The van der Waals surface area contributed by atoms with Gasteiger partial charge in [-0.15, -0.1) is 0 Å². The molecule has 2 aromatic carbocycles. The van der Waals surface area contributed by atoms with E-state index < -0.39 is 17.9 Å². The third-order valence-electron chi connectivity index (χ3n) is 6.61. The van der Waals surface area contributed by atoms with Crippen molar-refractivity contribution >= 4 is 29.2 Å². The number of carbonyl (C=O) groups excluding carboxylic acids is 3. The molecule has 0 radical (unpaired) electrons. The molecule has 3 amide bonds. The monoisotopic (exact) mass is 530 g/mol. The zero-order valence-corrected chi connectivity index (χ0v) is 22.5. The van der Waals surface area contributed by atoms with E-state index >= 15 is 0 Å². The van der Waals surface area contributed by atoms with Gasteiger partial charge in [-0.1, -0.05) is 42.3 Å². The zero-order chi connectivity index (χ0) is 27.8. The van der Waals surface area contributed by atoms with Crippen LogP contribution in [0.3, 0.4) is 0 Å². The van der Waals surface area contributed by atoms with Gasteiger partial charge >= 0.3 is 0 Å². The van der Waals surface area contributed by atoms with Gasteiger partial charge < -0.3 is 19.9 Å². The van der Waals surface area contributed by atoms with Gasteiger partial charge in [0.25, 0.3) is 5.91 Å². The summed E-state index contributed by atoms with van der Waals surface area (Å²) in [7, 11) is 0. The van der Waals surface area contributed by atoms with Crippen molar-refractivity contribution in [3.8, 4) is 5.75 Å². The number of nitrogens with one attached hydrogen (secondary N) is 2. The van der Waals surface area contributed by atoms with Crippen LogP contribution in [-0.4, -0.2) is 35.5 Å². The average molecular weight is 531 g/mol. The molecule has 1 heterocycles. The molecule has 1 aliphatic carbocycles. The number of nitrogens with zero attached hydrogens (tertiary/aromatic N) is 2. The summed E-state index contributed by atoms with van der Waals surface area (Å²) < 4.78 is 10.5. The van der Waals surface area contributed by atoms with Crippen molar-refractivity contribution in [1.29, 1.82) is 0 Å². The first kappa shape index (κ1) is 27.6. The molecule has 39 heavy (non-hydrogen) atoms. The number of benzene rings is 2. The van der Waals surface area contributed by atoms with Crippen molar-refractivity contribution in [3.63, 3.8) is 0 Å². The van der Waals surface area contributed by atoms with Crippen LogP contribution >= 0.6 is 0 Å². The lowest BCUT2D eigenvalue weighted by atomic mass is 9.97. The Bertz CT molecular complexity index is 1330. The highest BCUT2D eigenvalue weighted by Crippen LogP contribution is 2.32. The molecule has 1 saturated carbocycles. The normalized spacial score (nSPS) is 14.2. The molecule has 204 valence electrons. The summed E-state index contributed by atoms with van der Waals surface area (Å²) in [6.07, 6.45) is 6.22. The quantitative estimate of drug-likeness (QED) is 0.356. The van der Waals surface area contributed by atoms with Crippen LogP contribution in [0.5, 0.6) is 5.75 Å². The van der Waals surface area contributed by atoms with Gasteiger partial charge in [-0.05, 0) is 69.0 Å². The van der Waals surface area contributed by atoms with E-state index in [1.165, 1.54) is 4.90 Å². The van der Waals surface area contributed by atoms with Crippen molar-refractivity contribution in [3.05, 3.63) is 83.6 Å². The molecule has 9 heteroatoms. The Labute approximate surface area is 228 Å². The van der Waals surface area contributed by atoms with Gasteiger partial charge in [-0.3, -0.25) is 19.3 Å². The first-order valence-corrected chi connectivity index (χ1v) is 13.2. The minimum absolute atomic E-state index is 0.0635. The lowest BCUT2D eigenvalue weighted by Gasteiger charge is -2.32. The van der Waals surface area contributed by atoms with Gasteiger partial charge in [0.15, 0.2) is 5.82 Å². The van der Waals surface area contributed by atoms with Crippen LogP contribution in [-0.2, 0) is 14.4 Å². The van der Waals surface area contributed by atoms with Crippen LogP contribution in [0.1, 0.15) is 55.5 Å². The molecule has 3 aromatic rings. The molecule has 0 bridgehead atoms. The molecule has 0 aliphatic heterocycles. The van der Waals surface area contributed by atoms with Crippen LogP contribution in [0.25, 0.3) is 0 Å². The Hall–Kier alpha value is -4.40. The van der Waals surface area contributed by atoms with Gasteiger partial charge in [0.1, 0.15) is 17.6 Å². The van der Waals surface area contributed by atoms with Gasteiger partial charge in [0.05, 0.1) is 6.61 Å². The van der Waals surface area contributed by atoms with Gasteiger partial charge in [-0.25, -0.2) is 0 Å². The van der Waals surface area contributed by atoms with Crippen molar-refractivity contribution in [1.82, 2.24) is 10.5 Å². The number of rotatable bonds is 10. The zero-order valence-electron chi connectivity index (χ0n) is 22.5. The summed E-state index contributed by atoms with van der Waals surface area (Å²) in [6, 6.07) is 15.2. The molecule has 1 fully saturated rings. The second kappa shape index (κ2) is 12.9. The first-order valence-electron chi connectivity index (χ1n) is 13.2. The third kappa shape index (κ3) is 7.13. The number of anilines is 2. The summed E-state index contributed by atoms with van der Waals surface area (Å²) in [5.41, 5.74) is 2.07. The highest BCUT2D eigenvalue weighted by Gasteiger charge is 2.34. The first-order chi connectivity index (χ1) is 18.9. The fourth-order valence-electron chi connectivity index (χ4n) is 4.74. The topological polar surface area (TPSA) is 114 Å². The summed E-state index contributed by atoms with van der Waals surface area (Å²) in [5, 5.41) is 9.46. The number of aryl methyl sites for hydroxylation is 2. The second-order valence-electron chi connectivity index (χ2n) is 9.53. The average Bonchev–Trinajstić information content (AvgIpc) is 3.58. The van der Waals surface area contributed by atoms with Crippen LogP contribution in [0.15, 0.2) is 71.3 Å². The molecule has 0 spiro atoms. The SMILES string of the molecule is CCOc1ccc(N(C(=O)/C=C/C(=O)Nc2cc(C)on2)C(C(=O)NC2CCCC2)c2ccccc2C)cc1. The molecular weight excluding hydrogens is 496 g/mol. The Morgan fingerprint density at radius 2 is 1.79 bits per heavy atom. The minimum Gasteiger partial charge on any atom is -0.494 e. The van der Waals surface area contributed by atoms with E-state index in [9.17, 15) is 14.4 Å². The number of aromatic nitrogens is 1. The fourth-order valence-corrected chi connectivity index (χ4v) is 4.74. The summed E-state index contributed by atoms with van der Waals surface area (Å²) >= 11 is 0. The van der Waals surface area contributed by atoms with Crippen molar-refractivity contribution < 1.29 is 23.6 Å². The molecule has 1 aliphatic rings. The number of hydrogen-bond donors (Lipinski definition) is 2. The van der Waals surface area contributed by atoms with E-state index in [0.717, 1.165) is 43.4 Å². The molecule has 4 rings (SSSR count). The van der Waals surface area contributed by atoms with E-state index in [1.807, 2.05) is 38.1 Å². The Kier molecular flexibility index (Phi) is 9.14. The maximum absolute atomic E-state index is 13.9. The maximum atomic E-state index is 13.9. The molecule has 2 N–H and O–H groups in total. The molecule has 1 atom stereocenters. The van der Waals surface area contributed by atoms with Crippen LogP contribution in [0, 0.1) is 13.8 Å². The van der Waals surface area contributed by atoms with E-state index in [2.05, 4.69) is 15.8 Å². The molecule has 1 unspecified atom stereocenters. The number of carbonyl (C=O) groups is 3.